The molecule has 0 spiro atoms. The van der Waals surface area contributed by atoms with Gasteiger partial charge in [-0.1, -0.05) is 29.4 Å². The number of halogens is 1. The summed E-state index contributed by atoms with van der Waals surface area (Å²) in [4.78, 5) is 9.65. The monoisotopic (exact) mass is 246 g/mol. The highest BCUT2D eigenvalue weighted by Crippen LogP contribution is 2.23. The van der Waals surface area contributed by atoms with Gasteiger partial charge in [0, 0.05) is 23.6 Å². The van der Waals surface area contributed by atoms with E-state index in [0.29, 0.717) is 5.88 Å². The molecule has 0 N–H and O–H groups in total. The summed E-state index contributed by atoms with van der Waals surface area (Å²) in [6.07, 6.45) is 2.53. The first-order valence-electron chi connectivity index (χ1n) is 5.51. The fourth-order valence-electron chi connectivity index (χ4n) is 2.01. The van der Waals surface area contributed by atoms with Crippen LogP contribution in [0.25, 0.3) is 10.9 Å². The van der Waals surface area contributed by atoms with Crippen molar-refractivity contribution in [3.05, 3.63) is 42.1 Å². The van der Waals surface area contributed by atoms with Crippen LogP contribution >= 0.6 is 11.6 Å². The third kappa shape index (κ3) is 1.87. The predicted octanol–water partition coefficient (Wildman–Crippen LogP) is 2.97. The highest BCUT2D eigenvalue weighted by Gasteiger charge is 2.22. The molecule has 0 bridgehead atoms. The van der Waals surface area contributed by atoms with Gasteiger partial charge in [-0.05, 0) is 6.07 Å². The smallest absolute Gasteiger partial charge is 0.146 e. The lowest BCUT2D eigenvalue weighted by Gasteiger charge is -2.04. The van der Waals surface area contributed by atoms with E-state index in [-0.39, 0.29) is 6.10 Å². The molecule has 86 valence electrons. The van der Waals surface area contributed by atoms with E-state index >= 15 is 0 Å². The van der Waals surface area contributed by atoms with E-state index in [9.17, 15) is 0 Å². The minimum atomic E-state index is -0.00867. The number of hydrogen-bond donors (Lipinski definition) is 0. The number of benzene rings is 1. The molecule has 1 aromatic carbocycles. The zero-order valence-corrected chi connectivity index (χ0v) is 9.89. The molecule has 0 fully saturated rings. The lowest BCUT2D eigenvalue weighted by molar-refractivity contribution is 0.102. The molecule has 1 unspecified atom stereocenters. The van der Waals surface area contributed by atoms with Gasteiger partial charge in [0.25, 0.3) is 0 Å². The van der Waals surface area contributed by atoms with Crippen LogP contribution in [0.1, 0.15) is 12.0 Å². The van der Waals surface area contributed by atoms with Crippen LogP contribution in [0.3, 0.4) is 0 Å². The van der Waals surface area contributed by atoms with E-state index < -0.39 is 0 Å². The van der Waals surface area contributed by atoms with Crippen LogP contribution in [0.15, 0.2) is 41.7 Å². The van der Waals surface area contributed by atoms with Crippen LogP contribution in [0.5, 0.6) is 0 Å². The fraction of sp³-hybridized carbons (Fsp3) is 0.231. The SMILES string of the molecule is ClCC1CC(c2cccc3cccnc23)=NO1. The maximum Gasteiger partial charge on any atom is 0.146 e. The molecule has 0 amide bonds. The lowest BCUT2D eigenvalue weighted by atomic mass is 10.0. The van der Waals surface area contributed by atoms with Gasteiger partial charge in [0.2, 0.25) is 0 Å². The Balaban J connectivity index is 2.07. The van der Waals surface area contributed by atoms with E-state index in [1.165, 1.54) is 0 Å². The highest BCUT2D eigenvalue weighted by atomic mass is 35.5. The minimum absolute atomic E-state index is 0.00867. The second-order valence-corrected chi connectivity index (χ2v) is 4.31. The fourth-order valence-corrected chi connectivity index (χ4v) is 2.17. The van der Waals surface area contributed by atoms with Crippen molar-refractivity contribution in [2.24, 2.45) is 5.16 Å². The third-order valence-corrected chi connectivity index (χ3v) is 3.19. The zero-order chi connectivity index (χ0) is 11.7. The van der Waals surface area contributed by atoms with E-state index in [4.69, 9.17) is 16.4 Å². The van der Waals surface area contributed by atoms with Crippen molar-refractivity contribution in [1.82, 2.24) is 4.98 Å². The Hall–Kier alpha value is -1.61. The van der Waals surface area contributed by atoms with Crippen LogP contribution in [-0.2, 0) is 4.84 Å². The van der Waals surface area contributed by atoms with Gasteiger partial charge in [-0.15, -0.1) is 11.6 Å². The number of para-hydroxylation sites is 1. The summed E-state index contributed by atoms with van der Waals surface area (Å²) in [5.74, 6) is 0.463. The molecule has 1 aliphatic rings. The molecule has 3 rings (SSSR count). The molecule has 2 heterocycles. The van der Waals surface area contributed by atoms with Gasteiger partial charge in [-0.3, -0.25) is 4.98 Å². The minimum Gasteiger partial charge on any atom is -0.391 e. The van der Waals surface area contributed by atoms with Crippen molar-refractivity contribution in [3.8, 4) is 0 Å². The Kier molecular flexibility index (Phi) is 2.69. The number of nitrogens with zero attached hydrogens (tertiary/aromatic N) is 2. The van der Waals surface area contributed by atoms with E-state index in [2.05, 4.69) is 10.1 Å². The lowest BCUT2D eigenvalue weighted by Crippen LogP contribution is -2.10. The van der Waals surface area contributed by atoms with Gasteiger partial charge in [-0.25, -0.2) is 0 Å². The van der Waals surface area contributed by atoms with Gasteiger partial charge in [0.15, 0.2) is 0 Å². The molecular formula is C13H11ClN2O. The number of rotatable bonds is 2. The summed E-state index contributed by atoms with van der Waals surface area (Å²) in [5.41, 5.74) is 2.93. The van der Waals surface area contributed by atoms with Crippen LogP contribution in [0.2, 0.25) is 0 Å². The Morgan fingerprint density at radius 2 is 2.18 bits per heavy atom. The van der Waals surface area contributed by atoms with Gasteiger partial charge in [0.1, 0.15) is 6.10 Å². The average Bonchev–Trinajstić information content (AvgIpc) is 2.87. The van der Waals surface area contributed by atoms with Crippen molar-refractivity contribution in [2.75, 3.05) is 5.88 Å². The van der Waals surface area contributed by atoms with E-state index in [1.54, 1.807) is 6.20 Å². The average molecular weight is 247 g/mol. The molecule has 1 atom stereocenters. The van der Waals surface area contributed by atoms with E-state index in [0.717, 1.165) is 28.6 Å². The molecule has 1 aliphatic heterocycles. The predicted molar refractivity (Wildman–Crippen MR) is 68.5 cm³/mol. The molecule has 17 heavy (non-hydrogen) atoms. The topological polar surface area (TPSA) is 34.5 Å². The van der Waals surface area contributed by atoms with Crippen LogP contribution in [0, 0.1) is 0 Å². The van der Waals surface area contributed by atoms with Gasteiger partial charge in [-0.2, -0.15) is 0 Å². The van der Waals surface area contributed by atoms with Crippen molar-refractivity contribution in [1.29, 1.82) is 0 Å². The second kappa shape index (κ2) is 4.34. The molecule has 1 aromatic heterocycles. The summed E-state index contributed by atoms with van der Waals surface area (Å²) < 4.78 is 0. The first-order chi connectivity index (χ1) is 8.38. The summed E-state index contributed by atoms with van der Waals surface area (Å²) in [7, 11) is 0. The molecule has 0 radical (unpaired) electrons. The number of alkyl halides is 1. The molecule has 0 aliphatic carbocycles. The number of oxime groups is 1. The molecule has 4 heteroatoms. The van der Waals surface area contributed by atoms with Crippen molar-refractivity contribution >= 4 is 28.2 Å². The third-order valence-electron chi connectivity index (χ3n) is 2.85. The van der Waals surface area contributed by atoms with Crippen molar-refractivity contribution in [2.45, 2.75) is 12.5 Å². The maximum absolute atomic E-state index is 5.76. The summed E-state index contributed by atoms with van der Waals surface area (Å²) in [5, 5.41) is 5.21. The Morgan fingerprint density at radius 1 is 1.29 bits per heavy atom. The first-order valence-corrected chi connectivity index (χ1v) is 6.04. The largest absolute Gasteiger partial charge is 0.391 e. The quantitative estimate of drug-likeness (QED) is 0.764. The molecular weight excluding hydrogens is 236 g/mol. The zero-order valence-electron chi connectivity index (χ0n) is 9.14. The maximum atomic E-state index is 5.76. The number of fused-ring (bicyclic) bond motifs is 1. The second-order valence-electron chi connectivity index (χ2n) is 4.00. The van der Waals surface area contributed by atoms with Crippen LogP contribution < -0.4 is 0 Å². The highest BCUT2D eigenvalue weighted by molar-refractivity contribution is 6.19. The Bertz CT molecular complexity index is 577. The van der Waals surface area contributed by atoms with Crippen molar-refractivity contribution < 1.29 is 4.84 Å². The molecule has 0 saturated heterocycles. The molecule has 0 saturated carbocycles. The first kappa shape index (κ1) is 10.5. The summed E-state index contributed by atoms with van der Waals surface area (Å²) in [6, 6.07) is 10.0. The summed E-state index contributed by atoms with van der Waals surface area (Å²) >= 11 is 5.76. The van der Waals surface area contributed by atoms with E-state index in [1.807, 2.05) is 30.3 Å². The standard InChI is InChI=1S/C13H11ClN2O/c14-8-10-7-12(16-17-10)11-5-1-3-9-4-2-6-15-13(9)11/h1-6,10H,7-8H2. The summed E-state index contributed by atoms with van der Waals surface area (Å²) in [6.45, 7) is 0. The molecule has 3 nitrogen and oxygen atoms in total. The number of pyridine rings is 1. The van der Waals surface area contributed by atoms with Crippen LogP contribution in [0.4, 0.5) is 0 Å². The van der Waals surface area contributed by atoms with Gasteiger partial charge in [0.05, 0.1) is 17.1 Å². The van der Waals surface area contributed by atoms with Gasteiger partial charge < -0.3 is 4.84 Å². The van der Waals surface area contributed by atoms with Crippen molar-refractivity contribution in [3.63, 3.8) is 0 Å². The van der Waals surface area contributed by atoms with Crippen LogP contribution in [-0.4, -0.2) is 22.7 Å². The van der Waals surface area contributed by atoms with Gasteiger partial charge >= 0.3 is 0 Å². The Labute approximate surface area is 104 Å². The number of hydrogen-bond acceptors (Lipinski definition) is 3. The normalized spacial score (nSPS) is 19.1. The number of aromatic nitrogens is 1. The Morgan fingerprint density at radius 3 is 3.00 bits per heavy atom. The molecule has 2 aromatic rings.